The lowest BCUT2D eigenvalue weighted by Gasteiger charge is -2.26. The molecule has 0 radical (unpaired) electrons. The van der Waals surface area contributed by atoms with Crippen molar-refractivity contribution in [2.75, 3.05) is 13.2 Å². The summed E-state index contributed by atoms with van der Waals surface area (Å²) in [5.41, 5.74) is 21.6. The van der Waals surface area contributed by atoms with Crippen LogP contribution in [-0.2, 0) is 24.0 Å². The molecule has 11 N–H and O–H groups in total. The van der Waals surface area contributed by atoms with E-state index < -0.39 is 60.7 Å². The first-order valence-corrected chi connectivity index (χ1v) is 12.9. The molecule has 1 aliphatic rings. The Morgan fingerprint density at radius 1 is 0.861 bits per heavy atom. The first-order chi connectivity index (χ1) is 17.1. The average Bonchev–Trinajstić information content (AvgIpc) is 2.84. The van der Waals surface area contributed by atoms with Gasteiger partial charge in [-0.05, 0) is 38.1 Å². The lowest BCUT2D eigenvalue weighted by molar-refractivity contribution is -0.134. The summed E-state index contributed by atoms with van der Waals surface area (Å²) in [6.45, 7) is -0.152. The molecule has 4 atom stereocenters. The molecule has 36 heavy (non-hydrogen) atoms. The minimum Gasteiger partial charge on any atom is -0.394 e. The van der Waals surface area contributed by atoms with Crippen molar-refractivity contribution in [3.63, 3.8) is 0 Å². The summed E-state index contributed by atoms with van der Waals surface area (Å²) < 4.78 is 0. The summed E-state index contributed by atoms with van der Waals surface area (Å²) in [6.07, 6.45) is 7.63. The SMILES string of the molecule is NCCCC[C@H](CC(=O)[C@H](CCC1CCCCC1)NC(=O)[C@@H](N)CO)C(=O)N[C@@H](CC(N)=O)C(N)=O. The molecule has 0 aromatic heterocycles. The number of carbonyl (C=O) groups excluding carboxylic acids is 5. The number of primary amides is 2. The molecule has 0 aliphatic heterocycles. The third-order valence-electron chi connectivity index (χ3n) is 6.72. The number of hydrogen-bond donors (Lipinski definition) is 7. The Labute approximate surface area is 212 Å². The highest BCUT2D eigenvalue weighted by Gasteiger charge is 2.31. The zero-order valence-corrected chi connectivity index (χ0v) is 21.1. The molecule has 12 nitrogen and oxygen atoms in total. The summed E-state index contributed by atoms with van der Waals surface area (Å²) in [5.74, 6) is -3.66. The van der Waals surface area contributed by atoms with Crippen LogP contribution in [0.4, 0.5) is 0 Å². The van der Waals surface area contributed by atoms with E-state index in [9.17, 15) is 29.1 Å². The van der Waals surface area contributed by atoms with E-state index in [1.807, 2.05) is 0 Å². The number of nitrogens with one attached hydrogen (secondary N) is 2. The van der Waals surface area contributed by atoms with Crippen LogP contribution < -0.4 is 33.6 Å². The number of carbonyl (C=O) groups is 5. The fourth-order valence-electron chi connectivity index (χ4n) is 4.51. The van der Waals surface area contributed by atoms with Gasteiger partial charge in [-0.3, -0.25) is 24.0 Å². The van der Waals surface area contributed by atoms with Crippen LogP contribution in [0.1, 0.15) is 77.0 Å². The standard InChI is InChI=1S/C24H44N6O6/c25-11-5-4-8-16(23(35)30-19(22(28)34)13-21(27)33)12-20(32)18(29-24(36)17(26)14-31)10-9-15-6-2-1-3-7-15/h15-19,31H,1-14,25-26H2,(H2,27,33)(H2,28,34)(H,29,36)(H,30,35)/t16-,17+,18+,19+/m1/s1. The Bertz CT molecular complexity index is 743. The van der Waals surface area contributed by atoms with Crippen LogP contribution in [0.3, 0.4) is 0 Å². The van der Waals surface area contributed by atoms with Crippen LogP contribution in [-0.4, -0.2) is 65.8 Å². The van der Waals surface area contributed by atoms with Crippen molar-refractivity contribution in [1.82, 2.24) is 10.6 Å². The normalized spacial score (nSPS) is 17.4. The van der Waals surface area contributed by atoms with Gasteiger partial charge in [0.25, 0.3) is 0 Å². The van der Waals surface area contributed by atoms with Gasteiger partial charge in [-0.25, -0.2) is 0 Å². The third kappa shape index (κ3) is 11.9. The Kier molecular flexibility index (Phi) is 14.8. The van der Waals surface area contributed by atoms with E-state index in [2.05, 4.69) is 10.6 Å². The molecule has 0 bridgehead atoms. The highest BCUT2D eigenvalue weighted by molar-refractivity contribution is 5.95. The number of ketones is 1. The molecule has 0 aromatic carbocycles. The van der Waals surface area contributed by atoms with Crippen LogP contribution >= 0.6 is 0 Å². The lowest BCUT2D eigenvalue weighted by Crippen LogP contribution is -2.51. The molecule has 1 saturated carbocycles. The number of Topliss-reactive ketones (excluding diaryl/α,β-unsaturated/α-hetero) is 1. The van der Waals surface area contributed by atoms with Crippen molar-refractivity contribution in [2.24, 2.45) is 34.8 Å². The molecular weight excluding hydrogens is 468 g/mol. The van der Waals surface area contributed by atoms with Gasteiger partial charge in [-0.1, -0.05) is 38.5 Å². The van der Waals surface area contributed by atoms with E-state index in [4.69, 9.17) is 22.9 Å². The van der Waals surface area contributed by atoms with Crippen LogP contribution in [0.15, 0.2) is 0 Å². The van der Waals surface area contributed by atoms with Crippen molar-refractivity contribution in [1.29, 1.82) is 0 Å². The van der Waals surface area contributed by atoms with Gasteiger partial charge >= 0.3 is 0 Å². The van der Waals surface area contributed by atoms with Gasteiger partial charge in [0.1, 0.15) is 12.1 Å². The zero-order valence-electron chi connectivity index (χ0n) is 21.1. The Morgan fingerprint density at radius 2 is 1.50 bits per heavy atom. The number of hydrogen-bond acceptors (Lipinski definition) is 8. The molecule has 0 heterocycles. The van der Waals surface area contributed by atoms with Crippen molar-refractivity contribution >= 4 is 29.4 Å². The first kappa shape index (κ1) is 31.5. The van der Waals surface area contributed by atoms with Crippen LogP contribution in [0, 0.1) is 11.8 Å². The van der Waals surface area contributed by atoms with Gasteiger partial charge < -0.3 is 38.7 Å². The van der Waals surface area contributed by atoms with Gasteiger partial charge in [-0.15, -0.1) is 0 Å². The van der Waals surface area contributed by atoms with Crippen molar-refractivity contribution in [3.8, 4) is 0 Å². The summed E-state index contributed by atoms with van der Waals surface area (Å²) in [6, 6.07) is -3.31. The van der Waals surface area contributed by atoms with E-state index >= 15 is 0 Å². The van der Waals surface area contributed by atoms with E-state index in [1.54, 1.807) is 0 Å². The Morgan fingerprint density at radius 3 is 2.06 bits per heavy atom. The third-order valence-corrected chi connectivity index (χ3v) is 6.72. The Balaban J connectivity index is 2.97. The lowest BCUT2D eigenvalue weighted by atomic mass is 9.84. The molecule has 206 valence electrons. The highest BCUT2D eigenvalue weighted by Crippen LogP contribution is 2.28. The smallest absolute Gasteiger partial charge is 0.240 e. The molecule has 1 rings (SSSR count). The molecule has 4 amide bonds. The van der Waals surface area contributed by atoms with Gasteiger partial charge in [0.05, 0.1) is 19.1 Å². The molecule has 0 aromatic rings. The van der Waals surface area contributed by atoms with E-state index in [1.165, 1.54) is 6.42 Å². The van der Waals surface area contributed by atoms with Crippen LogP contribution in [0.5, 0.6) is 0 Å². The molecule has 0 spiro atoms. The second kappa shape index (κ2) is 17.0. The average molecular weight is 513 g/mol. The molecule has 12 heteroatoms. The monoisotopic (exact) mass is 512 g/mol. The van der Waals surface area contributed by atoms with E-state index in [-0.39, 0.29) is 12.2 Å². The van der Waals surface area contributed by atoms with E-state index in [0.29, 0.717) is 38.1 Å². The van der Waals surface area contributed by atoms with E-state index in [0.717, 1.165) is 32.1 Å². The molecule has 0 saturated heterocycles. The van der Waals surface area contributed by atoms with Gasteiger partial charge in [-0.2, -0.15) is 0 Å². The quantitative estimate of drug-likeness (QED) is 0.109. The molecule has 1 aliphatic carbocycles. The zero-order chi connectivity index (χ0) is 27.1. The second-order valence-corrected chi connectivity index (χ2v) is 9.72. The first-order valence-electron chi connectivity index (χ1n) is 12.9. The van der Waals surface area contributed by atoms with Crippen LogP contribution in [0.2, 0.25) is 0 Å². The fraction of sp³-hybridized carbons (Fsp3) is 0.792. The van der Waals surface area contributed by atoms with Gasteiger partial charge in [0.15, 0.2) is 5.78 Å². The minimum absolute atomic E-state index is 0.192. The topological polar surface area (TPSA) is 234 Å². The van der Waals surface area contributed by atoms with Crippen molar-refractivity contribution in [3.05, 3.63) is 0 Å². The maximum Gasteiger partial charge on any atom is 0.240 e. The minimum atomic E-state index is -1.29. The largest absolute Gasteiger partial charge is 0.394 e. The number of nitrogens with two attached hydrogens (primary N) is 4. The number of unbranched alkanes of at least 4 members (excludes halogenated alkanes) is 1. The molecule has 0 unspecified atom stereocenters. The van der Waals surface area contributed by atoms with Gasteiger partial charge in [0, 0.05) is 12.3 Å². The maximum absolute atomic E-state index is 13.3. The number of rotatable bonds is 18. The second-order valence-electron chi connectivity index (χ2n) is 9.72. The number of aliphatic hydroxyl groups is 1. The summed E-state index contributed by atoms with van der Waals surface area (Å²) >= 11 is 0. The fourth-order valence-corrected chi connectivity index (χ4v) is 4.51. The molecule has 1 fully saturated rings. The predicted molar refractivity (Wildman–Crippen MR) is 134 cm³/mol. The highest BCUT2D eigenvalue weighted by atomic mass is 16.3. The number of amides is 4. The maximum atomic E-state index is 13.3. The van der Waals surface area contributed by atoms with Crippen LogP contribution in [0.25, 0.3) is 0 Å². The van der Waals surface area contributed by atoms with Crippen molar-refractivity contribution in [2.45, 2.75) is 95.2 Å². The summed E-state index contributed by atoms with van der Waals surface area (Å²) in [5, 5.41) is 14.3. The Hall–Kier alpha value is -2.57. The number of aliphatic hydroxyl groups excluding tert-OH is 1. The van der Waals surface area contributed by atoms with Gasteiger partial charge in [0.2, 0.25) is 23.6 Å². The molecular formula is C24H44N6O6. The van der Waals surface area contributed by atoms with Crippen molar-refractivity contribution < 1.29 is 29.1 Å². The predicted octanol–water partition coefficient (Wildman–Crippen LogP) is -1.30. The summed E-state index contributed by atoms with van der Waals surface area (Å²) in [7, 11) is 0. The summed E-state index contributed by atoms with van der Waals surface area (Å²) in [4.78, 5) is 61.6.